The maximum Gasteiger partial charge on any atom is 0.325 e. The largest absolute Gasteiger partial charge is 0.405 e. The van der Waals surface area contributed by atoms with Crippen molar-refractivity contribution >= 4 is 23.7 Å². The summed E-state index contributed by atoms with van der Waals surface area (Å²) in [5.74, 6) is -0.418. The molecule has 1 aromatic heterocycles. The van der Waals surface area contributed by atoms with Gasteiger partial charge in [0.2, 0.25) is 11.6 Å². The maximum atomic E-state index is 12.5. The van der Waals surface area contributed by atoms with Gasteiger partial charge in [-0.25, -0.2) is 4.79 Å². The summed E-state index contributed by atoms with van der Waals surface area (Å²) in [7, 11) is 0. The Labute approximate surface area is 169 Å². The van der Waals surface area contributed by atoms with Gasteiger partial charge in [0, 0.05) is 44.8 Å². The van der Waals surface area contributed by atoms with Crippen LogP contribution in [0.15, 0.2) is 9.69 Å². The Hall–Kier alpha value is -0.726. The zero-order valence-corrected chi connectivity index (χ0v) is 17.9. The van der Waals surface area contributed by atoms with E-state index in [1.165, 1.54) is 16.3 Å². The second-order valence-corrected chi connectivity index (χ2v) is 7.67. The molecule has 1 aromatic rings. The van der Waals surface area contributed by atoms with Crippen molar-refractivity contribution in [3.05, 3.63) is 22.4 Å². The summed E-state index contributed by atoms with van der Waals surface area (Å²) in [6, 6.07) is -0.571. The number of thioether (sulfide) groups is 1. The zero-order valence-electron chi connectivity index (χ0n) is 14.3. The van der Waals surface area contributed by atoms with Crippen LogP contribution in [0.2, 0.25) is 0 Å². The minimum Gasteiger partial charge on any atom is -0.405 e. The zero-order chi connectivity index (χ0) is 17.1. The number of carbonyl (C=O) groups is 2. The van der Waals surface area contributed by atoms with Gasteiger partial charge < -0.3 is 19.2 Å². The van der Waals surface area contributed by atoms with Gasteiger partial charge in [-0.05, 0) is 33.4 Å². The van der Waals surface area contributed by atoms with Crippen molar-refractivity contribution < 1.29 is 42.3 Å². The van der Waals surface area contributed by atoms with Crippen LogP contribution in [0.3, 0.4) is 0 Å². The second-order valence-electron chi connectivity index (χ2n) is 6.58. The predicted octanol–water partition coefficient (Wildman–Crippen LogP) is 1.27. The third-order valence-corrected chi connectivity index (χ3v) is 5.76. The Bertz CT molecular complexity index is 764. The number of amides is 3. The molecule has 3 rings (SSSR count). The van der Waals surface area contributed by atoms with Crippen LogP contribution < -0.4 is 11.0 Å². The Balaban J connectivity index is 0.00000208. The summed E-state index contributed by atoms with van der Waals surface area (Å²) in [6.45, 7) is 9.26. The van der Waals surface area contributed by atoms with E-state index in [1.807, 2.05) is 27.7 Å². The minimum absolute atomic E-state index is 0. The molecule has 1 N–H and O–H groups in total. The first-order valence-corrected chi connectivity index (χ1v) is 8.42. The van der Waals surface area contributed by atoms with Gasteiger partial charge in [-0.3, -0.25) is 10.1 Å². The Kier molecular flexibility index (Phi) is 5.34. The molecule has 2 atom stereocenters. The molecule has 7 nitrogen and oxygen atoms in total. The van der Waals surface area contributed by atoms with Crippen molar-refractivity contribution in [1.82, 2.24) is 19.8 Å². The van der Waals surface area contributed by atoms with E-state index in [0.29, 0.717) is 10.6 Å². The molecule has 1 fully saturated rings. The van der Waals surface area contributed by atoms with Gasteiger partial charge >= 0.3 is 6.03 Å². The number of fused-ring (bicyclic) bond motifs is 3. The van der Waals surface area contributed by atoms with Gasteiger partial charge in [0.25, 0.3) is 0 Å². The number of carbonyl (C=O) groups excluding carboxylic acids is 2. The van der Waals surface area contributed by atoms with Crippen LogP contribution in [0.4, 0.5) is 4.79 Å². The molecular weight excluding hydrogens is 405 g/mol. The first-order valence-electron chi connectivity index (χ1n) is 7.54. The minimum atomic E-state index is -1.05. The van der Waals surface area contributed by atoms with Crippen molar-refractivity contribution in [2.45, 2.75) is 62.4 Å². The van der Waals surface area contributed by atoms with E-state index in [4.69, 9.17) is 0 Å². The summed E-state index contributed by atoms with van der Waals surface area (Å²) >= 11 is 1.37. The van der Waals surface area contributed by atoms with Crippen LogP contribution in [-0.4, -0.2) is 37.8 Å². The van der Waals surface area contributed by atoms with Gasteiger partial charge in [0.1, 0.15) is 0 Å². The molecule has 1 radical (unpaired) electrons. The topological polar surface area (TPSA) is 84.3 Å². The molecule has 2 unspecified atom stereocenters. The summed E-state index contributed by atoms with van der Waals surface area (Å²) in [6.07, 6.45) is 3.06. The number of urea groups is 1. The van der Waals surface area contributed by atoms with Crippen molar-refractivity contribution in [3.63, 3.8) is 0 Å². The number of hydrogen-bond acceptors (Lipinski definition) is 5. The normalized spacial score (nSPS) is 25.5. The van der Waals surface area contributed by atoms with Crippen LogP contribution in [-0.2, 0) is 42.9 Å². The monoisotopic (exact) mass is 424 g/mol. The smallest absolute Gasteiger partial charge is 0.325 e. The quantitative estimate of drug-likeness (QED) is 0.724. The molecule has 127 valence electrons. The molecule has 0 saturated carbocycles. The summed E-state index contributed by atoms with van der Waals surface area (Å²) in [5.41, 5.74) is -1.07. The van der Waals surface area contributed by atoms with E-state index in [9.17, 15) is 14.4 Å². The Morgan fingerprint density at radius 3 is 2.38 bits per heavy atom. The van der Waals surface area contributed by atoms with Crippen molar-refractivity contribution in [1.29, 1.82) is 0 Å². The first kappa shape index (κ1) is 19.6. The van der Waals surface area contributed by atoms with Gasteiger partial charge in [0.05, 0.1) is 10.8 Å². The fourth-order valence-corrected chi connectivity index (χ4v) is 4.65. The fraction of sp³-hybridized carbons (Fsp3) is 0.600. The number of nitrogens with one attached hydrogen (secondary N) is 1. The molecule has 0 aliphatic carbocycles. The van der Waals surface area contributed by atoms with E-state index in [2.05, 4.69) is 16.5 Å². The van der Waals surface area contributed by atoms with Crippen LogP contribution in [0.5, 0.6) is 0 Å². The fourth-order valence-electron chi connectivity index (χ4n) is 3.00. The van der Waals surface area contributed by atoms with Crippen LogP contribution in [0, 0.1) is 6.20 Å². The number of hydrogen-bond donors (Lipinski definition) is 1. The van der Waals surface area contributed by atoms with Gasteiger partial charge in [-0.1, -0.05) is 18.0 Å². The van der Waals surface area contributed by atoms with E-state index in [-0.39, 0.29) is 44.8 Å². The average Bonchev–Trinajstić information content (AvgIpc) is 2.72. The van der Waals surface area contributed by atoms with Crippen LogP contribution in [0.25, 0.3) is 0 Å². The van der Waals surface area contributed by atoms with E-state index >= 15 is 0 Å². The SMILES string of the molecule is CC(C)N1C(=O)NC(=O)C2(C)c3nc(=O)n(C(C)C)[c-]c3SC12.[Y]. The predicted molar refractivity (Wildman–Crippen MR) is 85.2 cm³/mol. The summed E-state index contributed by atoms with van der Waals surface area (Å²) in [5, 5.41) is 1.97. The molecular formula is C15H19N4O3SY-. The number of rotatable bonds is 2. The van der Waals surface area contributed by atoms with Crippen LogP contribution >= 0.6 is 11.8 Å². The number of imide groups is 1. The molecule has 2 aliphatic heterocycles. The van der Waals surface area contributed by atoms with E-state index in [1.54, 1.807) is 11.8 Å². The Morgan fingerprint density at radius 2 is 1.83 bits per heavy atom. The maximum absolute atomic E-state index is 12.5. The first-order chi connectivity index (χ1) is 10.7. The molecule has 3 heterocycles. The molecule has 0 spiro atoms. The molecule has 24 heavy (non-hydrogen) atoms. The van der Waals surface area contributed by atoms with E-state index in [0.717, 1.165) is 0 Å². The average molecular weight is 424 g/mol. The summed E-state index contributed by atoms with van der Waals surface area (Å²) < 4.78 is 1.42. The molecule has 0 bridgehead atoms. The molecule has 3 amide bonds. The number of nitrogens with zero attached hydrogens (tertiary/aromatic N) is 3. The molecule has 0 aromatic carbocycles. The third-order valence-electron chi connectivity index (χ3n) is 4.32. The van der Waals surface area contributed by atoms with Crippen molar-refractivity contribution in [2.75, 3.05) is 0 Å². The Morgan fingerprint density at radius 1 is 1.21 bits per heavy atom. The van der Waals surface area contributed by atoms with Gasteiger partial charge in [-0.2, -0.15) is 0 Å². The van der Waals surface area contributed by atoms with Crippen LogP contribution in [0.1, 0.15) is 46.4 Å². The molecule has 1 saturated heterocycles. The number of aromatic nitrogens is 2. The van der Waals surface area contributed by atoms with Gasteiger partial charge in [0.15, 0.2) is 0 Å². The van der Waals surface area contributed by atoms with Crippen molar-refractivity contribution in [2.24, 2.45) is 0 Å². The third kappa shape index (κ3) is 2.67. The molecule has 9 heteroatoms. The van der Waals surface area contributed by atoms with E-state index < -0.39 is 28.4 Å². The second kappa shape index (κ2) is 6.54. The van der Waals surface area contributed by atoms with Crippen molar-refractivity contribution in [3.8, 4) is 0 Å². The summed E-state index contributed by atoms with van der Waals surface area (Å²) in [4.78, 5) is 43.4. The van der Waals surface area contributed by atoms with Gasteiger partial charge in [-0.15, -0.1) is 11.8 Å². The standard InChI is InChI=1S/C15H19N4O3S.Y/c1-7(2)18-6-9-10(16-13(18)21)15(5)11(20)17-14(22)19(8(3)4)12(15)23-9;/h7-8,12H,1-5H3,(H,17,20,22);/q-1;. The molecule has 2 aliphatic rings.